The number of nitrogens with zero attached hydrogens (tertiary/aromatic N) is 2. The summed E-state index contributed by atoms with van der Waals surface area (Å²) >= 11 is 0. The molecule has 0 spiro atoms. The Bertz CT molecular complexity index is 488. The van der Waals surface area contributed by atoms with Gasteiger partial charge in [-0.1, -0.05) is 13.3 Å². The van der Waals surface area contributed by atoms with Gasteiger partial charge in [0.1, 0.15) is 23.8 Å². The zero-order valence-electron chi connectivity index (χ0n) is 11.9. The predicted octanol–water partition coefficient (Wildman–Crippen LogP) is 3.35. The van der Waals surface area contributed by atoms with Gasteiger partial charge in [0.25, 0.3) is 0 Å². The third-order valence-electron chi connectivity index (χ3n) is 3.16. The first kappa shape index (κ1) is 13.7. The van der Waals surface area contributed by atoms with Gasteiger partial charge in [0.15, 0.2) is 0 Å². The van der Waals surface area contributed by atoms with Crippen LogP contribution in [0.15, 0.2) is 43.0 Å². The van der Waals surface area contributed by atoms with Crippen LogP contribution in [0, 0.1) is 0 Å². The monoisotopic (exact) mass is 259 g/mol. The van der Waals surface area contributed by atoms with Gasteiger partial charge in [-0.15, -0.1) is 0 Å². The summed E-state index contributed by atoms with van der Waals surface area (Å²) in [6, 6.07) is 8.20. The van der Waals surface area contributed by atoms with Crippen LogP contribution < -0.4 is 9.30 Å². The van der Waals surface area contributed by atoms with Crippen molar-refractivity contribution in [2.24, 2.45) is 0 Å². The molecule has 0 radical (unpaired) electrons. The highest BCUT2D eigenvalue weighted by Gasteiger charge is 2.06. The molecule has 0 aliphatic carbocycles. The Hall–Kier alpha value is -1.77. The maximum Gasteiger partial charge on any atom is 0.248 e. The number of imidazole rings is 1. The summed E-state index contributed by atoms with van der Waals surface area (Å²) in [5.41, 5.74) is 1.16. The lowest BCUT2D eigenvalue weighted by Gasteiger charge is -2.02. The van der Waals surface area contributed by atoms with E-state index in [1.165, 1.54) is 19.3 Å². The van der Waals surface area contributed by atoms with E-state index < -0.39 is 0 Å². The van der Waals surface area contributed by atoms with Crippen molar-refractivity contribution in [1.82, 2.24) is 4.57 Å². The smallest absolute Gasteiger partial charge is 0.248 e. The molecule has 1 aromatic carbocycles. The van der Waals surface area contributed by atoms with Crippen molar-refractivity contribution >= 4 is 0 Å². The third kappa shape index (κ3) is 3.85. The summed E-state index contributed by atoms with van der Waals surface area (Å²) < 4.78 is 9.84. The van der Waals surface area contributed by atoms with Crippen molar-refractivity contribution in [3.63, 3.8) is 0 Å². The molecule has 0 saturated carbocycles. The van der Waals surface area contributed by atoms with Gasteiger partial charge in [-0.3, -0.25) is 0 Å². The Kier molecular flexibility index (Phi) is 5.01. The van der Waals surface area contributed by atoms with E-state index in [1.807, 2.05) is 19.1 Å². The molecule has 0 saturated heterocycles. The van der Waals surface area contributed by atoms with Crippen molar-refractivity contribution in [2.75, 3.05) is 6.61 Å². The molecule has 0 aliphatic heterocycles. The van der Waals surface area contributed by atoms with E-state index in [-0.39, 0.29) is 0 Å². The highest BCUT2D eigenvalue weighted by Crippen LogP contribution is 2.11. The van der Waals surface area contributed by atoms with Gasteiger partial charge in [-0.25, -0.2) is 9.13 Å². The van der Waals surface area contributed by atoms with Gasteiger partial charge >= 0.3 is 0 Å². The lowest BCUT2D eigenvalue weighted by molar-refractivity contribution is -0.595. The second-order valence-corrected chi connectivity index (χ2v) is 4.69. The zero-order valence-corrected chi connectivity index (χ0v) is 11.9. The molecule has 0 unspecified atom stereocenters. The molecule has 0 amide bonds. The summed E-state index contributed by atoms with van der Waals surface area (Å²) in [6.07, 6.45) is 10.2. The second-order valence-electron chi connectivity index (χ2n) is 4.69. The van der Waals surface area contributed by atoms with Gasteiger partial charge in [-0.05, 0) is 44.0 Å². The predicted molar refractivity (Wildman–Crippen MR) is 76.7 cm³/mol. The quantitative estimate of drug-likeness (QED) is 0.551. The summed E-state index contributed by atoms with van der Waals surface area (Å²) in [4.78, 5) is 0. The fourth-order valence-corrected chi connectivity index (χ4v) is 2.10. The minimum atomic E-state index is 0.709. The molecule has 3 heteroatoms. The molecule has 0 aliphatic rings. The molecule has 2 aromatic rings. The third-order valence-corrected chi connectivity index (χ3v) is 3.16. The van der Waals surface area contributed by atoms with Crippen LogP contribution in [-0.4, -0.2) is 11.2 Å². The molecule has 102 valence electrons. The van der Waals surface area contributed by atoms with E-state index in [0.29, 0.717) is 6.61 Å². The number of aryl methyl sites for hydroxylation is 1. The Balaban J connectivity index is 2.01. The summed E-state index contributed by atoms with van der Waals surface area (Å²) in [7, 11) is 0. The van der Waals surface area contributed by atoms with E-state index in [2.05, 4.69) is 46.9 Å². The Labute approximate surface area is 115 Å². The van der Waals surface area contributed by atoms with Crippen LogP contribution in [0.1, 0.15) is 33.1 Å². The van der Waals surface area contributed by atoms with Crippen molar-refractivity contribution in [3.8, 4) is 11.4 Å². The number of hydrogen-bond acceptors (Lipinski definition) is 1. The Morgan fingerprint density at radius 3 is 2.58 bits per heavy atom. The zero-order chi connectivity index (χ0) is 13.5. The molecule has 19 heavy (non-hydrogen) atoms. The lowest BCUT2D eigenvalue weighted by atomic mass is 10.2. The van der Waals surface area contributed by atoms with E-state index in [9.17, 15) is 0 Å². The molecule has 2 rings (SSSR count). The molecular formula is C16H23N2O+. The van der Waals surface area contributed by atoms with Crippen molar-refractivity contribution < 1.29 is 9.30 Å². The topological polar surface area (TPSA) is 18.0 Å². The number of rotatable bonds is 7. The van der Waals surface area contributed by atoms with Crippen LogP contribution in [0.2, 0.25) is 0 Å². The normalized spacial score (nSPS) is 10.6. The fraction of sp³-hybridized carbons (Fsp3) is 0.438. The minimum Gasteiger partial charge on any atom is -0.494 e. The van der Waals surface area contributed by atoms with Crippen molar-refractivity contribution in [3.05, 3.63) is 43.0 Å². The van der Waals surface area contributed by atoms with E-state index in [0.717, 1.165) is 18.0 Å². The number of benzene rings is 1. The number of unbranched alkanes of at least 4 members (excludes halogenated alkanes) is 2. The van der Waals surface area contributed by atoms with Gasteiger partial charge < -0.3 is 4.74 Å². The highest BCUT2D eigenvalue weighted by molar-refractivity contribution is 5.31. The van der Waals surface area contributed by atoms with Gasteiger partial charge in [0.2, 0.25) is 6.33 Å². The minimum absolute atomic E-state index is 0.709. The van der Waals surface area contributed by atoms with Crippen LogP contribution in [0.25, 0.3) is 5.69 Å². The van der Waals surface area contributed by atoms with Crippen LogP contribution in [0.5, 0.6) is 5.75 Å². The standard InChI is InChI=1S/C16H23N2O/c1-3-5-6-11-17-12-13-18(14-17)15-7-9-16(10-8-15)19-4-2/h7-10,12-14H,3-6,11H2,1-2H3/q+1. The number of ether oxygens (including phenoxy) is 1. The van der Waals surface area contributed by atoms with Crippen LogP contribution in [-0.2, 0) is 6.54 Å². The summed E-state index contributed by atoms with van der Waals surface area (Å²) in [5, 5.41) is 0. The SMILES string of the molecule is CCCCCn1cc[n+](-c2ccc(OCC)cc2)c1. The van der Waals surface area contributed by atoms with Gasteiger partial charge in [-0.2, -0.15) is 0 Å². The molecule has 0 bridgehead atoms. The molecule has 3 nitrogen and oxygen atoms in total. The lowest BCUT2D eigenvalue weighted by Crippen LogP contribution is -2.27. The molecule has 0 atom stereocenters. The first-order valence-corrected chi connectivity index (χ1v) is 7.13. The molecule has 0 fully saturated rings. The second kappa shape index (κ2) is 6.98. The summed E-state index contributed by atoms with van der Waals surface area (Å²) in [5.74, 6) is 0.925. The van der Waals surface area contributed by atoms with Crippen molar-refractivity contribution in [1.29, 1.82) is 0 Å². The maximum absolute atomic E-state index is 5.45. The van der Waals surface area contributed by atoms with E-state index in [1.54, 1.807) is 0 Å². The van der Waals surface area contributed by atoms with Crippen LogP contribution in [0.4, 0.5) is 0 Å². The van der Waals surface area contributed by atoms with Crippen LogP contribution in [0.3, 0.4) is 0 Å². The fourth-order valence-electron chi connectivity index (χ4n) is 2.10. The summed E-state index contributed by atoms with van der Waals surface area (Å²) in [6.45, 7) is 6.03. The average Bonchev–Trinajstić information content (AvgIpc) is 2.89. The maximum atomic E-state index is 5.45. The molecule has 0 N–H and O–H groups in total. The average molecular weight is 259 g/mol. The largest absolute Gasteiger partial charge is 0.494 e. The molecule has 1 aromatic heterocycles. The highest BCUT2D eigenvalue weighted by atomic mass is 16.5. The van der Waals surface area contributed by atoms with Gasteiger partial charge in [0, 0.05) is 0 Å². The Morgan fingerprint density at radius 2 is 1.89 bits per heavy atom. The van der Waals surface area contributed by atoms with E-state index >= 15 is 0 Å². The van der Waals surface area contributed by atoms with Crippen LogP contribution >= 0.6 is 0 Å². The molecular weight excluding hydrogens is 236 g/mol. The van der Waals surface area contributed by atoms with Gasteiger partial charge in [0.05, 0.1) is 13.2 Å². The Morgan fingerprint density at radius 1 is 1.11 bits per heavy atom. The van der Waals surface area contributed by atoms with E-state index in [4.69, 9.17) is 4.74 Å². The number of aromatic nitrogens is 2. The first-order chi connectivity index (χ1) is 9.33. The molecule has 1 heterocycles. The first-order valence-electron chi connectivity index (χ1n) is 7.13. The number of hydrogen-bond donors (Lipinski definition) is 0. The van der Waals surface area contributed by atoms with Crippen molar-refractivity contribution in [2.45, 2.75) is 39.7 Å².